The number of furan rings is 1. The number of nitrogens with two attached hydrogens (primary N) is 1. The molecule has 0 amide bonds. The molecule has 3 rings (SSSR count). The Hall–Kier alpha value is -1.62. The molecule has 2 aromatic heterocycles. The molecule has 4 heteroatoms. The molecule has 0 aliphatic carbocycles. The van der Waals surface area contributed by atoms with Gasteiger partial charge in [0, 0.05) is 5.39 Å². The van der Waals surface area contributed by atoms with E-state index in [1.165, 1.54) is 0 Å². The van der Waals surface area contributed by atoms with Gasteiger partial charge in [-0.05, 0) is 34.5 Å². The number of rotatable bonds is 3. The van der Waals surface area contributed by atoms with Gasteiger partial charge >= 0.3 is 0 Å². The molecule has 0 aliphatic rings. The number of hydrogen-bond donors (Lipinski definition) is 2. The number of thiophene rings is 1. The number of nitrogens with one attached hydrogen (secondary N) is 1. The minimum absolute atomic E-state index is 0.0892. The van der Waals surface area contributed by atoms with E-state index in [0.717, 1.165) is 22.3 Å². The summed E-state index contributed by atoms with van der Waals surface area (Å²) in [7, 11) is 0. The lowest BCUT2D eigenvalue weighted by Gasteiger charge is -2.10. The largest absolute Gasteiger partial charge is 0.459 e. The second kappa shape index (κ2) is 4.33. The summed E-state index contributed by atoms with van der Waals surface area (Å²) in [6.07, 6.45) is 0. The molecule has 1 aromatic carbocycles. The highest BCUT2D eigenvalue weighted by molar-refractivity contribution is 7.08. The highest BCUT2D eigenvalue weighted by Crippen LogP contribution is 2.28. The van der Waals surface area contributed by atoms with Crippen LogP contribution in [0.3, 0.4) is 0 Å². The molecule has 0 saturated heterocycles. The molecule has 0 fully saturated rings. The van der Waals surface area contributed by atoms with E-state index in [-0.39, 0.29) is 6.04 Å². The average Bonchev–Trinajstić information content (AvgIpc) is 2.98. The molecule has 1 unspecified atom stereocenters. The van der Waals surface area contributed by atoms with Crippen LogP contribution in [0, 0.1) is 0 Å². The Kier molecular flexibility index (Phi) is 2.68. The number of benzene rings is 1. The topological polar surface area (TPSA) is 51.2 Å². The van der Waals surface area contributed by atoms with Crippen LogP contribution in [-0.2, 0) is 0 Å². The van der Waals surface area contributed by atoms with Crippen molar-refractivity contribution in [1.29, 1.82) is 0 Å². The molecule has 0 saturated carbocycles. The normalized spacial score (nSPS) is 13.0. The third-order valence-electron chi connectivity index (χ3n) is 2.77. The second-order valence-electron chi connectivity index (χ2n) is 3.84. The van der Waals surface area contributed by atoms with Crippen molar-refractivity contribution in [1.82, 2.24) is 5.43 Å². The predicted molar refractivity (Wildman–Crippen MR) is 69.7 cm³/mol. The van der Waals surface area contributed by atoms with Crippen LogP contribution in [0.4, 0.5) is 0 Å². The van der Waals surface area contributed by atoms with Crippen molar-refractivity contribution in [2.24, 2.45) is 5.84 Å². The molecular formula is C13H12N2OS. The van der Waals surface area contributed by atoms with Crippen molar-refractivity contribution >= 4 is 22.3 Å². The molecule has 0 aliphatic heterocycles. The van der Waals surface area contributed by atoms with Crippen LogP contribution in [0.1, 0.15) is 17.4 Å². The van der Waals surface area contributed by atoms with E-state index >= 15 is 0 Å². The second-order valence-corrected chi connectivity index (χ2v) is 4.62. The van der Waals surface area contributed by atoms with Gasteiger partial charge in [0.15, 0.2) is 0 Å². The Balaban J connectivity index is 2.07. The van der Waals surface area contributed by atoms with E-state index in [4.69, 9.17) is 10.3 Å². The molecule has 3 N–H and O–H groups in total. The van der Waals surface area contributed by atoms with Crippen molar-refractivity contribution in [2.75, 3.05) is 0 Å². The quantitative estimate of drug-likeness (QED) is 0.550. The van der Waals surface area contributed by atoms with Gasteiger partial charge in [-0.2, -0.15) is 11.3 Å². The smallest absolute Gasteiger partial charge is 0.134 e. The summed E-state index contributed by atoms with van der Waals surface area (Å²) in [6, 6.07) is 11.9. The lowest BCUT2D eigenvalue weighted by molar-refractivity contribution is 0.478. The first kappa shape index (κ1) is 10.5. The van der Waals surface area contributed by atoms with Gasteiger partial charge in [0.05, 0.1) is 0 Å². The van der Waals surface area contributed by atoms with Gasteiger partial charge < -0.3 is 4.42 Å². The van der Waals surface area contributed by atoms with E-state index in [2.05, 4.69) is 10.8 Å². The summed E-state index contributed by atoms with van der Waals surface area (Å²) in [5, 5.41) is 5.19. The van der Waals surface area contributed by atoms with Gasteiger partial charge in [-0.15, -0.1) is 0 Å². The van der Waals surface area contributed by atoms with Crippen molar-refractivity contribution < 1.29 is 4.42 Å². The van der Waals surface area contributed by atoms with Crippen molar-refractivity contribution in [3.05, 3.63) is 58.5 Å². The van der Waals surface area contributed by atoms with Crippen molar-refractivity contribution in [2.45, 2.75) is 6.04 Å². The summed E-state index contributed by atoms with van der Waals surface area (Å²) in [4.78, 5) is 0. The van der Waals surface area contributed by atoms with Crippen LogP contribution in [0.2, 0.25) is 0 Å². The minimum atomic E-state index is -0.0892. The maximum atomic E-state index is 5.81. The van der Waals surface area contributed by atoms with Gasteiger partial charge in [-0.25, -0.2) is 5.43 Å². The fourth-order valence-electron chi connectivity index (χ4n) is 1.93. The first-order chi connectivity index (χ1) is 8.38. The Morgan fingerprint density at radius 1 is 1.24 bits per heavy atom. The predicted octanol–water partition coefficient (Wildman–Crippen LogP) is 3.05. The minimum Gasteiger partial charge on any atom is -0.459 e. The average molecular weight is 244 g/mol. The molecule has 3 aromatic rings. The summed E-state index contributed by atoms with van der Waals surface area (Å²) in [6.45, 7) is 0. The lowest BCUT2D eigenvalue weighted by atomic mass is 10.1. The van der Waals surface area contributed by atoms with E-state index in [1.54, 1.807) is 11.3 Å². The van der Waals surface area contributed by atoms with Crippen LogP contribution < -0.4 is 11.3 Å². The summed E-state index contributed by atoms with van der Waals surface area (Å²) in [5.41, 5.74) is 4.80. The zero-order chi connectivity index (χ0) is 11.7. The molecule has 0 spiro atoms. The Bertz CT molecular complexity index is 582. The fourth-order valence-corrected chi connectivity index (χ4v) is 2.61. The van der Waals surface area contributed by atoms with Crippen LogP contribution in [0.5, 0.6) is 0 Å². The van der Waals surface area contributed by atoms with Gasteiger partial charge in [0.1, 0.15) is 17.4 Å². The summed E-state index contributed by atoms with van der Waals surface area (Å²) < 4.78 is 5.81. The highest BCUT2D eigenvalue weighted by Gasteiger charge is 2.17. The number of para-hydroxylation sites is 1. The third kappa shape index (κ3) is 1.86. The monoisotopic (exact) mass is 244 g/mol. The van der Waals surface area contributed by atoms with E-state index < -0.39 is 0 Å². The van der Waals surface area contributed by atoms with E-state index in [0.29, 0.717) is 0 Å². The fraction of sp³-hybridized carbons (Fsp3) is 0.0769. The molecule has 86 valence electrons. The van der Waals surface area contributed by atoms with Crippen LogP contribution in [0.25, 0.3) is 11.0 Å². The first-order valence-electron chi connectivity index (χ1n) is 5.35. The van der Waals surface area contributed by atoms with Gasteiger partial charge in [0.25, 0.3) is 0 Å². The molecular weight excluding hydrogens is 232 g/mol. The number of fused-ring (bicyclic) bond motifs is 1. The standard InChI is InChI=1S/C13H12N2OS/c14-15-13(10-5-6-17-8-10)12-7-9-3-1-2-4-11(9)16-12/h1-8,13,15H,14H2. The molecule has 1 atom stereocenters. The number of hydrogen-bond acceptors (Lipinski definition) is 4. The van der Waals surface area contributed by atoms with E-state index in [1.807, 2.05) is 41.8 Å². The summed E-state index contributed by atoms with van der Waals surface area (Å²) >= 11 is 1.65. The maximum Gasteiger partial charge on any atom is 0.134 e. The Morgan fingerprint density at radius 2 is 2.12 bits per heavy atom. The molecule has 3 nitrogen and oxygen atoms in total. The zero-order valence-electron chi connectivity index (χ0n) is 9.09. The molecule has 0 radical (unpaired) electrons. The lowest BCUT2D eigenvalue weighted by Crippen LogP contribution is -2.28. The SMILES string of the molecule is NNC(c1ccsc1)c1cc2ccccc2o1. The van der Waals surface area contributed by atoms with Gasteiger partial charge in [-0.3, -0.25) is 5.84 Å². The Labute approximate surface area is 103 Å². The zero-order valence-corrected chi connectivity index (χ0v) is 9.91. The van der Waals surface area contributed by atoms with E-state index in [9.17, 15) is 0 Å². The number of hydrazine groups is 1. The Morgan fingerprint density at radius 3 is 2.82 bits per heavy atom. The van der Waals surface area contributed by atoms with Gasteiger partial charge in [-0.1, -0.05) is 18.2 Å². The summed E-state index contributed by atoms with van der Waals surface area (Å²) in [5.74, 6) is 6.45. The molecule has 2 heterocycles. The molecule has 17 heavy (non-hydrogen) atoms. The third-order valence-corrected chi connectivity index (χ3v) is 3.47. The van der Waals surface area contributed by atoms with Crippen LogP contribution >= 0.6 is 11.3 Å². The van der Waals surface area contributed by atoms with Crippen molar-refractivity contribution in [3.63, 3.8) is 0 Å². The van der Waals surface area contributed by atoms with Crippen LogP contribution in [-0.4, -0.2) is 0 Å². The first-order valence-corrected chi connectivity index (χ1v) is 6.29. The molecule has 0 bridgehead atoms. The van der Waals surface area contributed by atoms with Crippen molar-refractivity contribution in [3.8, 4) is 0 Å². The van der Waals surface area contributed by atoms with Crippen LogP contribution in [0.15, 0.2) is 51.6 Å². The van der Waals surface area contributed by atoms with Gasteiger partial charge in [0.2, 0.25) is 0 Å². The maximum absolute atomic E-state index is 5.81. The highest BCUT2D eigenvalue weighted by atomic mass is 32.1.